The number of unbranched alkanes of at least 4 members (excludes halogenated alkanes) is 49. The van der Waals surface area contributed by atoms with Crippen LogP contribution in [-0.2, 0) is 33.3 Å². The number of quaternary nitrogens is 1. The van der Waals surface area contributed by atoms with Gasteiger partial charge in [0.15, 0.2) is 12.4 Å². The maximum atomic E-state index is 13.0. The number of rotatable bonds is 74. The minimum Gasteiger partial charge on any atom is -0.545 e. The van der Waals surface area contributed by atoms with E-state index in [-0.39, 0.29) is 32.2 Å². The molecule has 0 rings (SSSR count). The zero-order chi connectivity index (χ0) is 66.1. The van der Waals surface area contributed by atoms with Crippen molar-refractivity contribution in [1.82, 2.24) is 0 Å². The SMILES string of the molecule is CC/C=C\C/C=C\C/C=C\C/C=C\C/C=C\CCCCCCCCCCCCCCCC(=O)OC(COC(=O)CCCCCCCCCCCCCCCCCCCCCCCCCCCCCCCCCCCCCCC)COC(OCC[N+](C)(C)C)C(=O)[O-]. The summed E-state index contributed by atoms with van der Waals surface area (Å²) in [4.78, 5) is 37.6. The molecule has 532 valence electrons. The van der Waals surface area contributed by atoms with Crippen molar-refractivity contribution < 1.29 is 42.9 Å². The topological polar surface area (TPSA) is 111 Å². The minimum absolute atomic E-state index is 0.148. The van der Waals surface area contributed by atoms with E-state index in [4.69, 9.17) is 18.9 Å². The summed E-state index contributed by atoms with van der Waals surface area (Å²) in [5, 5.41) is 11.9. The fourth-order valence-electron chi connectivity index (χ4n) is 11.8. The van der Waals surface area contributed by atoms with E-state index >= 15 is 0 Å². The lowest BCUT2D eigenvalue weighted by molar-refractivity contribution is -0.870. The zero-order valence-corrected chi connectivity index (χ0v) is 61.0. The highest BCUT2D eigenvalue weighted by molar-refractivity contribution is 5.70. The third kappa shape index (κ3) is 74.3. The van der Waals surface area contributed by atoms with Gasteiger partial charge in [0.25, 0.3) is 0 Å². The van der Waals surface area contributed by atoms with Crippen molar-refractivity contribution in [2.45, 2.75) is 399 Å². The number of carboxylic acids is 1. The van der Waals surface area contributed by atoms with Crippen molar-refractivity contribution in [2.24, 2.45) is 0 Å². The van der Waals surface area contributed by atoms with Crippen LogP contribution in [0.4, 0.5) is 0 Å². The molecule has 2 unspecified atom stereocenters. The second-order valence-corrected chi connectivity index (χ2v) is 28.0. The number of esters is 2. The predicted molar refractivity (Wildman–Crippen MR) is 389 cm³/mol. The normalized spacial score (nSPS) is 12.9. The van der Waals surface area contributed by atoms with Crippen LogP contribution in [0.25, 0.3) is 0 Å². The molecule has 0 aromatic carbocycles. The van der Waals surface area contributed by atoms with Crippen LogP contribution in [0, 0.1) is 0 Å². The summed E-state index contributed by atoms with van der Waals surface area (Å²) in [5.74, 6) is -2.26. The highest BCUT2D eigenvalue weighted by Gasteiger charge is 2.22. The Morgan fingerprint density at radius 3 is 0.934 bits per heavy atom. The van der Waals surface area contributed by atoms with Gasteiger partial charge in [0.2, 0.25) is 0 Å². The summed E-state index contributed by atoms with van der Waals surface area (Å²) in [6, 6.07) is 0. The number of carbonyl (C=O) groups is 3. The van der Waals surface area contributed by atoms with Crippen LogP contribution < -0.4 is 5.11 Å². The first-order chi connectivity index (χ1) is 44.6. The molecule has 0 saturated heterocycles. The van der Waals surface area contributed by atoms with Gasteiger partial charge in [-0.3, -0.25) is 9.59 Å². The highest BCUT2D eigenvalue weighted by atomic mass is 16.7. The molecule has 0 fully saturated rings. The van der Waals surface area contributed by atoms with E-state index in [9.17, 15) is 19.5 Å². The molecule has 9 heteroatoms. The summed E-state index contributed by atoms with van der Waals surface area (Å²) in [5.41, 5.74) is 0. The summed E-state index contributed by atoms with van der Waals surface area (Å²) in [6.45, 7) is 4.70. The highest BCUT2D eigenvalue weighted by Crippen LogP contribution is 2.20. The Morgan fingerprint density at radius 2 is 0.626 bits per heavy atom. The second kappa shape index (κ2) is 72.8. The lowest BCUT2D eigenvalue weighted by Crippen LogP contribution is -2.44. The van der Waals surface area contributed by atoms with Gasteiger partial charge in [-0.1, -0.05) is 376 Å². The number of hydrogen-bond donors (Lipinski definition) is 0. The molecule has 9 nitrogen and oxygen atoms in total. The van der Waals surface area contributed by atoms with Gasteiger partial charge in [-0.15, -0.1) is 0 Å². The molecule has 0 amide bonds. The molecule has 0 spiro atoms. The first kappa shape index (κ1) is 88.0. The number of aliphatic carboxylic acids is 1. The molecule has 0 saturated carbocycles. The van der Waals surface area contributed by atoms with Gasteiger partial charge < -0.3 is 33.3 Å². The lowest BCUT2D eigenvalue weighted by atomic mass is 10.0. The molecule has 0 aromatic rings. The van der Waals surface area contributed by atoms with Gasteiger partial charge in [-0.25, -0.2) is 0 Å². The molecular formula is C82H151NO8. The van der Waals surface area contributed by atoms with Crippen molar-refractivity contribution in [3.8, 4) is 0 Å². The summed E-state index contributed by atoms with van der Waals surface area (Å²) in [6.07, 6.45) is 93.5. The average Bonchev–Trinajstić information content (AvgIpc) is 3.66. The van der Waals surface area contributed by atoms with E-state index in [1.165, 1.54) is 283 Å². The van der Waals surface area contributed by atoms with Crippen LogP contribution in [0.3, 0.4) is 0 Å². The molecule has 0 heterocycles. The van der Waals surface area contributed by atoms with E-state index in [2.05, 4.69) is 74.6 Å². The summed E-state index contributed by atoms with van der Waals surface area (Å²) in [7, 11) is 5.94. The Kier molecular flexibility index (Phi) is 70.4. The third-order valence-corrected chi connectivity index (χ3v) is 17.8. The third-order valence-electron chi connectivity index (χ3n) is 17.8. The van der Waals surface area contributed by atoms with Gasteiger partial charge in [0, 0.05) is 12.8 Å². The van der Waals surface area contributed by atoms with Crippen LogP contribution >= 0.6 is 0 Å². The number of allylic oxidation sites excluding steroid dienone is 10. The number of ether oxygens (including phenoxy) is 4. The molecule has 0 bridgehead atoms. The molecule has 0 aromatic heterocycles. The first-order valence-electron chi connectivity index (χ1n) is 39.4. The van der Waals surface area contributed by atoms with Crippen LogP contribution in [-0.4, -0.2) is 82.3 Å². The average molecular weight is 1280 g/mol. The van der Waals surface area contributed by atoms with Crippen molar-refractivity contribution >= 4 is 17.9 Å². The van der Waals surface area contributed by atoms with E-state index in [0.29, 0.717) is 23.9 Å². The molecule has 0 radical (unpaired) electrons. The van der Waals surface area contributed by atoms with Crippen LogP contribution in [0.5, 0.6) is 0 Å². The summed E-state index contributed by atoms with van der Waals surface area (Å²) < 4.78 is 22.9. The minimum atomic E-state index is -1.62. The Hall–Kier alpha value is -3.01. The fraction of sp³-hybridized carbons (Fsp3) is 0.841. The van der Waals surface area contributed by atoms with Gasteiger partial charge in [-0.2, -0.15) is 0 Å². The van der Waals surface area contributed by atoms with Crippen molar-refractivity contribution in [3.63, 3.8) is 0 Å². The van der Waals surface area contributed by atoms with Crippen molar-refractivity contribution in [2.75, 3.05) is 47.5 Å². The molecule has 0 aliphatic rings. The molecule has 0 aliphatic heterocycles. The molecular weight excluding hydrogens is 1130 g/mol. The van der Waals surface area contributed by atoms with E-state index in [0.717, 1.165) is 70.6 Å². The number of hydrogen-bond acceptors (Lipinski definition) is 8. The molecule has 0 N–H and O–H groups in total. The van der Waals surface area contributed by atoms with Crippen LogP contribution in [0.2, 0.25) is 0 Å². The smallest absolute Gasteiger partial charge is 0.306 e. The van der Waals surface area contributed by atoms with Crippen LogP contribution in [0.1, 0.15) is 386 Å². The quantitative estimate of drug-likeness (QED) is 0.0195. The Labute approximate surface area is 565 Å². The van der Waals surface area contributed by atoms with Crippen molar-refractivity contribution in [3.05, 3.63) is 60.8 Å². The monoisotopic (exact) mass is 1280 g/mol. The zero-order valence-electron chi connectivity index (χ0n) is 61.0. The maximum Gasteiger partial charge on any atom is 0.306 e. The van der Waals surface area contributed by atoms with Crippen molar-refractivity contribution in [1.29, 1.82) is 0 Å². The fourth-order valence-corrected chi connectivity index (χ4v) is 11.8. The molecule has 2 atom stereocenters. The van der Waals surface area contributed by atoms with E-state index in [1.54, 1.807) is 0 Å². The number of likely N-dealkylation sites (N-methyl/N-ethyl adjacent to an activating group) is 1. The Balaban J connectivity index is 3.98. The lowest BCUT2D eigenvalue weighted by Gasteiger charge is -2.26. The van der Waals surface area contributed by atoms with E-state index < -0.39 is 24.3 Å². The first-order valence-corrected chi connectivity index (χ1v) is 39.4. The van der Waals surface area contributed by atoms with E-state index in [1.807, 2.05) is 21.1 Å². The number of carboxylic acid groups (broad SMARTS) is 1. The second-order valence-electron chi connectivity index (χ2n) is 28.0. The predicted octanol–water partition coefficient (Wildman–Crippen LogP) is 23.7. The summed E-state index contributed by atoms with van der Waals surface area (Å²) >= 11 is 0. The number of nitrogens with zero attached hydrogens (tertiary/aromatic N) is 1. The van der Waals surface area contributed by atoms with Gasteiger partial charge in [0.1, 0.15) is 13.2 Å². The largest absolute Gasteiger partial charge is 0.545 e. The van der Waals surface area contributed by atoms with Crippen LogP contribution in [0.15, 0.2) is 60.8 Å². The van der Waals surface area contributed by atoms with Gasteiger partial charge >= 0.3 is 11.9 Å². The molecule has 91 heavy (non-hydrogen) atoms. The standard InChI is InChI=1S/C82H151NO8/c1-6-8-10-12-14-16-18-20-22-24-26-28-30-32-34-36-37-38-39-40-41-42-43-45-46-48-50-52-54-56-58-60-62-64-66-68-70-72-79(84)89-76-78(77-90-82(81(86)87)88-75-74-83(3,4)5)91-80(85)73-71-69-67-65-63-61-59-57-55-53-51-49-47-44-35-33-31-29-27-25-23-21-19-17-15-13-11-9-7-2/h9,11,15,17,21,23,27,29,33,35,78,82H,6-8,10,12-14,16,18-20,22,24-26,28,30-32,34,36-77H2,1-5H3/b11-9-,17-15-,23-21-,29-27-,35-33-. The molecule has 0 aliphatic carbocycles. The number of carbonyl (C=O) groups excluding carboxylic acids is 3. The Morgan fingerprint density at radius 1 is 0.341 bits per heavy atom. The van der Waals surface area contributed by atoms with Gasteiger partial charge in [0.05, 0.1) is 40.3 Å². The Bertz CT molecular complexity index is 1680. The van der Waals surface area contributed by atoms with Gasteiger partial charge in [-0.05, 0) is 57.8 Å². The maximum absolute atomic E-state index is 13.0.